The molecule has 0 atom stereocenters. The van der Waals surface area contributed by atoms with Crippen LogP contribution in [0.5, 0.6) is 11.6 Å². The van der Waals surface area contributed by atoms with E-state index in [0.717, 1.165) is 0 Å². The molecular formula is C10H8N2O4. The van der Waals surface area contributed by atoms with Crippen molar-refractivity contribution >= 4 is 16.9 Å². The van der Waals surface area contributed by atoms with E-state index in [-0.39, 0.29) is 17.1 Å². The van der Waals surface area contributed by atoms with Gasteiger partial charge in [0.25, 0.3) is 0 Å². The Morgan fingerprint density at radius 3 is 2.75 bits per heavy atom. The molecular weight excluding hydrogens is 212 g/mol. The number of hydrogen-bond acceptors (Lipinski definition) is 5. The molecule has 0 amide bonds. The van der Waals surface area contributed by atoms with Crippen LogP contribution in [0.4, 0.5) is 0 Å². The van der Waals surface area contributed by atoms with Gasteiger partial charge in [-0.15, -0.1) is 0 Å². The summed E-state index contributed by atoms with van der Waals surface area (Å²) >= 11 is 0. The predicted octanol–water partition coefficient (Wildman–Crippen LogP) is 1.04. The number of rotatable bonds is 2. The van der Waals surface area contributed by atoms with Crippen molar-refractivity contribution in [2.24, 2.45) is 0 Å². The van der Waals surface area contributed by atoms with Crippen molar-refractivity contribution in [2.75, 3.05) is 7.11 Å². The topological polar surface area (TPSA) is 92.5 Å². The zero-order valence-corrected chi connectivity index (χ0v) is 8.34. The second-order valence-corrected chi connectivity index (χ2v) is 3.03. The second-order valence-electron chi connectivity index (χ2n) is 3.03. The smallest absolute Gasteiger partial charge is 0.374 e. The van der Waals surface area contributed by atoms with Crippen LogP contribution in [0.25, 0.3) is 10.9 Å². The highest BCUT2D eigenvalue weighted by Crippen LogP contribution is 2.28. The van der Waals surface area contributed by atoms with Gasteiger partial charge in [0.05, 0.1) is 12.5 Å². The van der Waals surface area contributed by atoms with Crippen LogP contribution in [-0.4, -0.2) is 33.3 Å². The van der Waals surface area contributed by atoms with E-state index in [0.29, 0.717) is 5.39 Å². The molecule has 1 heterocycles. The number of carbonyl (C=O) groups is 1. The zero-order valence-electron chi connectivity index (χ0n) is 8.34. The van der Waals surface area contributed by atoms with Crippen LogP contribution >= 0.6 is 0 Å². The first-order valence-electron chi connectivity index (χ1n) is 4.40. The molecule has 0 radical (unpaired) electrons. The van der Waals surface area contributed by atoms with Gasteiger partial charge in [-0.25, -0.2) is 9.78 Å². The number of phenols is 1. The lowest BCUT2D eigenvalue weighted by Crippen LogP contribution is -2.05. The van der Waals surface area contributed by atoms with E-state index < -0.39 is 11.8 Å². The van der Waals surface area contributed by atoms with Gasteiger partial charge < -0.3 is 14.9 Å². The van der Waals surface area contributed by atoms with Gasteiger partial charge in [-0.3, -0.25) is 0 Å². The molecule has 2 N–H and O–H groups in total. The minimum Gasteiger partial charge on any atom is -0.506 e. The summed E-state index contributed by atoms with van der Waals surface area (Å²) in [6.45, 7) is 0. The first kappa shape index (κ1) is 10.2. The van der Waals surface area contributed by atoms with Gasteiger partial charge in [-0.2, -0.15) is 4.98 Å². The highest BCUT2D eigenvalue weighted by molar-refractivity contribution is 5.92. The SMILES string of the molecule is COc1nc(C(=O)O)nc2c(O)cccc12. The Bertz CT molecular complexity index is 568. The number of para-hydroxylation sites is 1. The number of carboxylic acids is 1. The summed E-state index contributed by atoms with van der Waals surface area (Å²) in [4.78, 5) is 18.2. The highest BCUT2D eigenvalue weighted by Gasteiger charge is 2.14. The Labute approximate surface area is 90.1 Å². The maximum absolute atomic E-state index is 10.8. The molecule has 2 rings (SSSR count). The molecule has 1 aromatic carbocycles. The number of fused-ring (bicyclic) bond motifs is 1. The summed E-state index contributed by atoms with van der Waals surface area (Å²) in [6.07, 6.45) is 0. The summed E-state index contributed by atoms with van der Waals surface area (Å²) in [5, 5.41) is 18.8. The molecule has 0 fully saturated rings. The third-order valence-electron chi connectivity index (χ3n) is 2.05. The lowest BCUT2D eigenvalue weighted by atomic mass is 10.2. The van der Waals surface area contributed by atoms with Gasteiger partial charge in [0.15, 0.2) is 0 Å². The molecule has 0 saturated carbocycles. The summed E-state index contributed by atoms with van der Waals surface area (Å²) in [7, 11) is 1.37. The number of phenolic OH excluding ortho intramolecular Hbond substituents is 1. The molecule has 0 aliphatic heterocycles. The Kier molecular flexibility index (Phi) is 2.32. The average Bonchev–Trinajstić information content (AvgIpc) is 2.28. The molecule has 0 saturated heterocycles. The molecule has 82 valence electrons. The zero-order chi connectivity index (χ0) is 11.7. The van der Waals surface area contributed by atoms with E-state index in [4.69, 9.17) is 9.84 Å². The minimum atomic E-state index is -1.27. The van der Waals surface area contributed by atoms with Crippen LogP contribution in [0.2, 0.25) is 0 Å². The van der Waals surface area contributed by atoms with Gasteiger partial charge in [-0.05, 0) is 12.1 Å². The van der Waals surface area contributed by atoms with Crippen LogP contribution in [0.1, 0.15) is 10.6 Å². The van der Waals surface area contributed by atoms with Crippen LogP contribution in [0, 0.1) is 0 Å². The fraction of sp³-hybridized carbons (Fsp3) is 0.100. The number of aromatic hydroxyl groups is 1. The molecule has 6 nitrogen and oxygen atoms in total. The van der Waals surface area contributed by atoms with E-state index in [9.17, 15) is 9.90 Å². The van der Waals surface area contributed by atoms with E-state index in [1.807, 2.05) is 0 Å². The number of hydrogen-bond donors (Lipinski definition) is 2. The van der Waals surface area contributed by atoms with Crippen molar-refractivity contribution in [3.63, 3.8) is 0 Å². The number of nitrogens with zero attached hydrogens (tertiary/aromatic N) is 2. The monoisotopic (exact) mass is 220 g/mol. The molecule has 0 unspecified atom stereocenters. The third kappa shape index (κ3) is 1.50. The maximum atomic E-state index is 10.8. The first-order valence-corrected chi connectivity index (χ1v) is 4.40. The van der Waals surface area contributed by atoms with E-state index >= 15 is 0 Å². The van der Waals surface area contributed by atoms with E-state index in [2.05, 4.69) is 9.97 Å². The number of carboxylic acid groups (broad SMARTS) is 1. The van der Waals surface area contributed by atoms with Crippen molar-refractivity contribution in [1.82, 2.24) is 9.97 Å². The van der Waals surface area contributed by atoms with Crippen molar-refractivity contribution in [3.8, 4) is 11.6 Å². The first-order chi connectivity index (χ1) is 7.63. The largest absolute Gasteiger partial charge is 0.506 e. The standard InChI is InChI=1S/C10H8N2O4/c1-16-9-5-3-2-4-6(13)7(5)11-8(12-9)10(14)15/h2-4,13H,1H3,(H,14,15). The van der Waals surface area contributed by atoms with Crippen molar-refractivity contribution < 1.29 is 19.7 Å². The van der Waals surface area contributed by atoms with E-state index in [1.165, 1.54) is 13.2 Å². The molecule has 6 heteroatoms. The van der Waals surface area contributed by atoms with Crippen molar-refractivity contribution in [2.45, 2.75) is 0 Å². The Balaban J connectivity index is 2.84. The number of methoxy groups -OCH3 is 1. The summed E-state index contributed by atoms with van der Waals surface area (Å²) < 4.78 is 4.95. The molecule has 1 aromatic heterocycles. The number of ether oxygens (including phenoxy) is 1. The highest BCUT2D eigenvalue weighted by atomic mass is 16.5. The Hall–Kier alpha value is -2.37. The quantitative estimate of drug-likeness (QED) is 0.785. The van der Waals surface area contributed by atoms with Crippen LogP contribution in [0.3, 0.4) is 0 Å². The fourth-order valence-electron chi connectivity index (χ4n) is 1.36. The fourth-order valence-corrected chi connectivity index (χ4v) is 1.36. The number of aromatic carboxylic acids is 1. The van der Waals surface area contributed by atoms with Crippen LogP contribution < -0.4 is 4.74 Å². The Morgan fingerprint density at radius 2 is 2.12 bits per heavy atom. The van der Waals surface area contributed by atoms with Crippen molar-refractivity contribution in [1.29, 1.82) is 0 Å². The third-order valence-corrected chi connectivity index (χ3v) is 2.05. The maximum Gasteiger partial charge on any atom is 0.374 e. The van der Waals surface area contributed by atoms with E-state index in [1.54, 1.807) is 12.1 Å². The number of benzene rings is 1. The average molecular weight is 220 g/mol. The minimum absolute atomic E-state index is 0.110. The molecule has 0 aliphatic rings. The Morgan fingerprint density at radius 1 is 1.38 bits per heavy atom. The summed E-state index contributed by atoms with van der Waals surface area (Å²) in [6, 6.07) is 4.66. The lowest BCUT2D eigenvalue weighted by Gasteiger charge is -2.05. The summed E-state index contributed by atoms with van der Waals surface area (Å²) in [5.41, 5.74) is 0.159. The molecule has 0 bridgehead atoms. The molecule has 0 spiro atoms. The lowest BCUT2D eigenvalue weighted by molar-refractivity contribution is 0.0683. The predicted molar refractivity (Wildman–Crippen MR) is 54.7 cm³/mol. The van der Waals surface area contributed by atoms with Gasteiger partial charge in [0.1, 0.15) is 11.3 Å². The molecule has 0 aliphatic carbocycles. The van der Waals surface area contributed by atoms with Gasteiger partial charge in [0.2, 0.25) is 11.7 Å². The van der Waals surface area contributed by atoms with Gasteiger partial charge >= 0.3 is 5.97 Å². The van der Waals surface area contributed by atoms with Crippen LogP contribution in [0.15, 0.2) is 18.2 Å². The van der Waals surface area contributed by atoms with Gasteiger partial charge in [-0.1, -0.05) is 6.07 Å². The summed E-state index contributed by atoms with van der Waals surface area (Å²) in [5.74, 6) is -1.67. The number of aromatic nitrogens is 2. The molecule has 16 heavy (non-hydrogen) atoms. The van der Waals surface area contributed by atoms with Crippen LogP contribution in [-0.2, 0) is 0 Å². The molecule has 2 aromatic rings. The van der Waals surface area contributed by atoms with Gasteiger partial charge in [0, 0.05) is 0 Å². The second kappa shape index (κ2) is 3.65. The van der Waals surface area contributed by atoms with Crippen molar-refractivity contribution in [3.05, 3.63) is 24.0 Å². The normalized spacial score (nSPS) is 10.3.